The number of rotatable bonds is 11. The number of nitrogens with zero attached hydrogens (tertiary/aromatic N) is 2. The summed E-state index contributed by atoms with van der Waals surface area (Å²) in [5.41, 5.74) is 2.82. The van der Waals surface area contributed by atoms with E-state index in [2.05, 4.69) is 20.3 Å². The van der Waals surface area contributed by atoms with Gasteiger partial charge in [0, 0.05) is 35.6 Å². The number of aromatic nitrogens is 3. The number of hydrogen-bond acceptors (Lipinski definition) is 6. The van der Waals surface area contributed by atoms with Gasteiger partial charge in [-0.25, -0.2) is 13.4 Å². The highest BCUT2D eigenvalue weighted by atomic mass is 32.2. The predicted molar refractivity (Wildman–Crippen MR) is 157 cm³/mol. The van der Waals surface area contributed by atoms with Gasteiger partial charge in [-0.15, -0.1) is 0 Å². The van der Waals surface area contributed by atoms with Crippen molar-refractivity contribution in [3.8, 4) is 0 Å². The molecule has 5 rings (SSSR count). The average molecular weight is 584 g/mol. The molecule has 2 aromatic heterocycles. The number of benzene rings is 1. The van der Waals surface area contributed by atoms with Crippen LogP contribution in [0.5, 0.6) is 0 Å². The molecule has 0 saturated heterocycles. The highest BCUT2D eigenvalue weighted by Gasteiger charge is 2.42. The molecule has 1 aliphatic heterocycles. The number of imidazole rings is 1. The van der Waals surface area contributed by atoms with E-state index in [0.717, 1.165) is 48.6 Å². The monoisotopic (exact) mass is 583 g/mol. The first-order valence-corrected chi connectivity index (χ1v) is 16.3. The van der Waals surface area contributed by atoms with Crippen molar-refractivity contribution in [1.82, 2.24) is 25.2 Å². The van der Waals surface area contributed by atoms with Crippen LogP contribution < -0.4 is 5.32 Å². The second kappa shape index (κ2) is 12.0. The molecule has 1 fully saturated rings. The molecular weight excluding hydrogens is 542 g/mol. The van der Waals surface area contributed by atoms with E-state index in [-0.39, 0.29) is 24.8 Å². The van der Waals surface area contributed by atoms with Crippen LogP contribution in [0.25, 0.3) is 10.9 Å². The topological polar surface area (TPSA) is 148 Å². The molecule has 1 aliphatic carbocycles. The summed E-state index contributed by atoms with van der Waals surface area (Å²) in [5.74, 6) is -0.418. The van der Waals surface area contributed by atoms with Gasteiger partial charge >= 0.3 is 0 Å². The van der Waals surface area contributed by atoms with E-state index >= 15 is 0 Å². The van der Waals surface area contributed by atoms with Crippen molar-refractivity contribution < 1.29 is 23.1 Å². The molecule has 0 radical (unpaired) electrons. The van der Waals surface area contributed by atoms with Crippen molar-refractivity contribution in [1.29, 1.82) is 0 Å². The number of amides is 2. The molecule has 10 nitrogen and oxygen atoms in total. The van der Waals surface area contributed by atoms with Crippen LogP contribution >= 0.6 is 0 Å². The second-order valence-corrected chi connectivity index (χ2v) is 14.8. The first-order chi connectivity index (χ1) is 19.6. The Bertz CT molecular complexity index is 1480. The summed E-state index contributed by atoms with van der Waals surface area (Å²) in [7, 11) is -3.62. The van der Waals surface area contributed by atoms with Gasteiger partial charge in [0.15, 0.2) is 9.84 Å². The molecule has 41 heavy (non-hydrogen) atoms. The standard InChI is InChI=1S/C30H41N5O5S/c1-18(2)41(39,40)19(3)28(36)25(13-20-9-5-4-6-10-20)34-29(37)26(14-21-15-31-17-32-21)35-16-23-22-11-7-8-12-24(22)33-27(23)30(35)38/h7-8,11-12,15,17-20,25-26,28,33,36H,4-6,9-10,13-14,16H2,1-3H3,(H,31,32)(H,34,37)/t19?,25-,26-,28-/m0/s1. The lowest BCUT2D eigenvalue weighted by Crippen LogP contribution is -2.56. The zero-order chi connectivity index (χ0) is 29.3. The SMILES string of the molecule is CC(C)S(=O)(=O)C(C)[C@H](O)[C@H](CC1CCCCC1)NC(=O)[C@H](Cc1c[nH]cn1)N1Cc2c([nH]c3ccccc23)C1=O. The quantitative estimate of drug-likeness (QED) is 0.272. The number of aliphatic hydroxyl groups excluding tert-OH is 1. The van der Waals surface area contributed by atoms with Crippen molar-refractivity contribution in [3.63, 3.8) is 0 Å². The minimum Gasteiger partial charge on any atom is -0.390 e. The van der Waals surface area contributed by atoms with E-state index in [1.54, 1.807) is 24.9 Å². The van der Waals surface area contributed by atoms with E-state index in [4.69, 9.17) is 0 Å². The summed E-state index contributed by atoms with van der Waals surface area (Å²) in [6.07, 6.45) is 7.88. The molecule has 3 heterocycles. The molecule has 11 heteroatoms. The fraction of sp³-hybridized carbons (Fsp3) is 0.567. The molecule has 1 saturated carbocycles. The second-order valence-electron chi connectivity index (χ2n) is 11.9. The number of H-pyrrole nitrogens is 2. The highest BCUT2D eigenvalue weighted by Crippen LogP contribution is 2.33. The van der Waals surface area contributed by atoms with Crippen LogP contribution in [0.15, 0.2) is 36.8 Å². The summed E-state index contributed by atoms with van der Waals surface area (Å²) < 4.78 is 26.0. The molecular formula is C30H41N5O5S. The van der Waals surface area contributed by atoms with Crippen molar-refractivity contribution >= 4 is 32.6 Å². The van der Waals surface area contributed by atoms with Crippen LogP contribution in [0, 0.1) is 5.92 Å². The molecule has 0 bridgehead atoms. The number of fused-ring (bicyclic) bond motifs is 3. The third-order valence-corrected chi connectivity index (χ3v) is 11.6. The number of sulfone groups is 1. The Hall–Kier alpha value is -3.18. The van der Waals surface area contributed by atoms with Crippen molar-refractivity contribution in [3.05, 3.63) is 53.7 Å². The van der Waals surface area contributed by atoms with E-state index in [1.807, 2.05) is 24.3 Å². The third kappa shape index (κ3) is 5.92. The van der Waals surface area contributed by atoms with Gasteiger partial charge in [-0.05, 0) is 39.2 Å². The van der Waals surface area contributed by atoms with Gasteiger partial charge in [-0.1, -0.05) is 50.3 Å². The third-order valence-electron chi connectivity index (χ3n) is 8.96. The number of aliphatic hydroxyl groups is 1. The zero-order valence-electron chi connectivity index (χ0n) is 24.0. The van der Waals surface area contributed by atoms with E-state index in [1.165, 1.54) is 13.3 Å². The van der Waals surface area contributed by atoms with Gasteiger partial charge in [0.2, 0.25) is 5.91 Å². The summed E-state index contributed by atoms with van der Waals surface area (Å²) >= 11 is 0. The Balaban J connectivity index is 1.43. The molecule has 1 unspecified atom stereocenters. The largest absolute Gasteiger partial charge is 0.390 e. The normalized spacial score (nSPS) is 19.3. The van der Waals surface area contributed by atoms with Gasteiger partial charge < -0.3 is 25.3 Å². The Morgan fingerprint density at radius 2 is 1.90 bits per heavy atom. The zero-order valence-corrected chi connectivity index (χ0v) is 24.8. The fourth-order valence-corrected chi connectivity index (χ4v) is 7.86. The van der Waals surface area contributed by atoms with Gasteiger partial charge in [-0.2, -0.15) is 0 Å². The van der Waals surface area contributed by atoms with Crippen LogP contribution in [0.2, 0.25) is 0 Å². The molecule has 2 amide bonds. The van der Waals surface area contributed by atoms with Crippen molar-refractivity contribution in [2.24, 2.45) is 5.92 Å². The van der Waals surface area contributed by atoms with E-state index in [0.29, 0.717) is 17.8 Å². The average Bonchev–Trinajstić information content (AvgIpc) is 3.68. The Kier molecular flexibility index (Phi) is 8.56. The highest BCUT2D eigenvalue weighted by molar-refractivity contribution is 7.92. The Morgan fingerprint density at radius 3 is 2.59 bits per heavy atom. The lowest BCUT2D eigenvalue weighted by atomic mass is 9.83. The Morgan fingerprint density at radius 1 is 1.17 bits per heavy atom. The molecule has 1 aromatic carbocycles. The lowest BCUT2D eigenvalue weighted by molar-refractivity contribution is -0.127. The first kappa shape index (κ1) is 29.3. The molecule has 4 N–H and O–H groups in total. The maximum absolute atomic E-state index is 14.1. The molecule has 4 atom stereocenters. The first-order valence-electron chi connectivity index (χ1n) is 14.7. The minimum absolute atomic E-state index is 0.176. The smallest absolute Gasteiger partial charge is 0.271 e. The number of carbonyl (C=O) groups excluding carboxylic acids is 2. The van der Waals surface area contributed by atoms with Crippen molar-refractivity contribution in [2.75, 3.05) is 0 Å². The van der Waals surface area contributed by atoms with Gasteiger partial charge in [0.25, 0.3) is 5.91 Å². The van der Waals surface area contributed by atoms with Crippen LogP contribution in [0.1, 0.15) is 81.0 Å². The summed E-state index contributed by atoms with van der Waals surface area (Å²) in [6, 6.07) is 6.03. The maximum atomic E-state index is 14.1. The molecule has 0 spiro atoms. The van der Waals surface area contributed by atoms with Gasteiger partial charge in [-0.3, -0.25) is 9.59 Å². The molecule has 3 aromatic rings. The minimum atomic E-state index is -3.62. The summed E-state index contributed by atoms with van der Waals surface area (Å²) in [5, 5.41) is 13.7. The van der Waals surface area contributed by atoms with Crippen molar-refractivity contribution in [2.45, 2.75) is 101 Å². The van der Waals surface area contributed by atoms with Crippen LogP contribution in [0.3, 0.4) is 0 Å². The van der Waals surface area contributed by atoms with E-state index in [9.17, 15) is 23.1 Å². The number of nitrogens with one attached hydrogen (secondary N) is 3. The summed E-state index contributed by atoms with van der Waals surface area (Å²) in [4.78, 5) is 39.7. The number of hydrogen-bond donors (Lipinski definition) is 4. The number of aromatic amines is 2. The van der Waals surface area contributed by atoms with Crippen LogP contribution in [-0.4, -0.2) is 73.9 Å². The lowest BCUT2D eigenvalue weighted by Gasteiger charge is -2.35. The molecule has 222 valence electrons. The Labute approximate surface area is 241 Å². The van der Waals surface area contributed by atoms with Gasteiger partial charge in [0.1, 0.15) is 11.7 Å². The predicted octanol–water partition coefficient (Wildman–Crippen LogP) is 3.49. The molecule has 2 aliphatic rings. The van der Waals surface area contributed by atoms with E-state index < -0.39 is 44.4 Å². The van der Waals surface area contributed by atoms with Crippen LogP contribution in [0.4, 0.5) is 0 Å². The van der Waals surface area contributed by atoms with Crippen LogP contribution in [-0.2, 0) is 27.6 Å². The van der Waals surface area contributed by atoms with Gasteiger partial charge in [0.05, 0.1) is 34.7 Å². The summed E-state index contributed by atoms with van der Waals surface area (Å²) in [6.45, 7) is 4.98. The fourth-order valence-electron chi connectivity index (χ4n) is 6.42. The maximum Gasteiger partial charge on any atom is 0.271 e. The number of para-hydroxylation sites is 1. The number of carbonyl (C=O) groups is 2.